The maximum atomic E-state index is 12.6. The van der Waals surface area contributed by atoms with Gasteiger partial charge in [0.25, 0.3) is 5.91 Å². The van der Waals surface area contributed by atoms with E-state index < -0.39 is 6.04 Å². The molecule has 27 heavy (non-hydrogen) atoms. The van der Waals surface area contributed by atoms with Gasteiger partial charge in [0, 0.05) is 17.1 Å². The minimum Gasteiger partial charge on any atom is -0.497 e. The van der Waals surface area contributed by atoms with Crippen molar-refractivity contribution in [3.05, 3.63) is 64.7 Å². The molecule has 0 aliphatic heterocycles. The Kier molecular flexibility index (Phi) is 7.67. The average molecular weight is 389 g/mol. The molecule has 0 saturated heterocycles. The average Bonchev–Trinajstić information content (AvgIpc) is 2.66. The van der Waals surface area contributed by atoms with Crippen molar-refractivity contribution >= 4 is 23.4 Å². The highest BCUT2D eigenvalue weighted by atomic mass is 35.5. The molecule has 0 saturated carbocycles. The zero-order valence-corrected chi connectivity index (χ0v) is 16.5. The Morgan fingerprint density at radius 3 is 2.22 bits per heavy atom. The van der Waals surface area contributed by atoms with Crippen LogP contribution in [0.1, 0.15) is 36.2 Å². The summed E-state index contributed by atoms with van der Waals surface area (Å²) in [6, 6.07) is 13.4. The zero-order valence-electron chi connectivity index (χ0n) is 15.8. The normalized spacial score (nSPS) is 11.7. The smallest absolute Gasteiger partial charge is 0.251 e. The molecule has 0 aliphatic rings. The van der Waals surface area contributed by atoms with Crippen molar-refractivity contribution < 1.29 is 14.3 Å². The summed E-state index contributed by atoms with van der Waals surface area (Å²) >= 11 is 5.86. The Hall–Kier alpha value is -2.53. The molecule has 0 fully saturated rings. The van der Waals surface area contributed by atoms with E-state index in [0.29, 0.717) is 23.6 Å². The number of hydrogen-bond donors (Lipinski definition) is 2. The van der Waals surface area contributed by atoms with Crippen molar-refractivity contribution in [1.29, 1.82) is 0 Å². The quantitative estimate of drug-likeness (QED) is 0.722. The second kappa shape index (κ2) is 9.97. The minimum atomic E-state index is -0.605. The van der Waals surface area contributed by atoms with Crippen molar-refractivity contribution in [2.45, 2.75) is 32.9 Å². The summed E-state index contributed by atoms with van der Waals surface area (Å²) in [6.45, 7) is 4.41. The monoisotopic (exact) mass is 388 g/mol. The fourth-order valence-electron chi connectivity index (χ4n) is 2.60. The predicted molar refractivity (Wildman–Crippen MR) is 107 cm³/mol. The molecule has 2 aromatic rings. The molecule has 2 N–H and O–H groups in total. The van der Waals surface area contributed by atoms with E-state index in [4.69, 9.17) is 16.3 Å². The number of carbonyl (C=O) groups excluding carboxylic acids is 2. The molecule has 0 heterocycles. The van der Waals surface area contributed by atoms with E-state index in [1.54, 1.807) is 31.4 Å². The molecule has 1 unspecified atom stereocenters. The van der Waals surface area contributed by atoms with Gasteiger partial charge >= 0.3 is 0 Å². The van der Waals surface area contributed by atoms with Crippen LogP contribution >= 0.6 is 11.6 Å². The van der Waals surface area contributed by atoms with Gasteiger partial charge in [0.2, 0.25) is 5.91 Å². The van der Waals surface area contributed by atoms with Gasteiger partial charge in [-0.1, -0.05) is 37.6 Å². The number of halogens is 1. The number of rotatable bonds is 8. The van der Waals surface area contributed by atoms with Crippen molar-refractivity contribution in [3.8, 4) is 5.75 Å². The highest BCUT2D eigenvalue weighted by Crippen LogP contribution is 2.13. The number of benzene rings is 2. The summed E-state index contributed by atoms with van der Waals surface area (Å²) < 4.78 is 5.13. The predicted octanol–water partition coefficient (Wildman–Crippen LogP) is 3.81. The SMILES string of the molecule is COc1ccc(CNC(=O)C(CC(C)C)NC(=O)c2ccc(Cl)cc2)cc1. The maximum Gasteiger partial charge on any atom is 0.251 e. The first kappa shape index (κ1) is 20.8. The lowest BCUT2D eigenvalue weighted by Gasteiger charge is -2.20. The lowest BCUT2D eigenvalue weighted by Crippen LogP contribution is -2.47. The number of methoxy groups -OCH3 is 1. The summed E-state index contributed by atoms with van der Waals surface area (Å²) in [4.78, 5) is 25.1. The molecule has 2 aromatic carbocycles. The van der Waals surface area contributed by atoms with Crippen LogP contribution < -0.4 is 15.4 Å². The summed E-state index contributed by atoms with van der Waals surface area (Å²) in [6.07, 6.45) is 0.549. The molecule has 2 rings (SSSR count). The van der Waals surface area contributed by atoms with Gasteiger partial charge < -0.3 is 15.4 Å². The molecular formula is C21H25ClN2O3. The Bertz CT molecular complexity index is 758. The minimum absolute atomic E-state index is 0.207. The van der Waals surface area contributed by atoms with Gasteiger partial charge in [0.1, 0.15) is 11.8 Å². The van der Waals surface area contributed by atoms with Crippen molar-refractivity contribution in [1.82, 2.24) is 10.6 Å². The van der Waals surface area contributed by atoms with E-state index >= 15 is 0 Å². The van der Waals surface area contributed by atoms with Crippen molar-refractivity contribution in [3.63, 3.8) is 0 Å². The molecule has 0 aromatic heterocycles. The summed E-state index contributed by atoms with van der Waals surface area (Å²) in [5.74, 6) is 0.518. The van der Waals surface area contributed by atoms with Gasteiger partial charge in [0.15, 0.2) is 0 Å². The van der Waals surface area contributed by atoms with Gasteiger partial charge in [-0.15, -0.1) is 0 Å². The highest BCUT2D eigenvalue weighted by Gasteiger charge is 2.22. The van der Waals surface area contributed by atoms with Gasteiger partial charge in [0.05, 0.1) is 7.11 Å². The van der Waals surface area contributed by atoms with Crippen LogP contribution in [-0.4, -0.2) is 25.0 Å². The second-order valence-corrected chi connectivity index (χ2v) is 7.16. The molecule has 2 amide bonds. The molecule has 0 spiro atoms. The van der Waals surface area contributed by atoms with Crippen LogP contribution in [0.3, 0.4) is 0 Å². The maximum absolute atomic E-state index is 12.6. The van der Waals surface area contributed by atoms with Crippen molar-refractivity contribution in [2.75, 3.05) is 7.11 Å². The zero-order chi connectivity index (χ0) is 19.8. The van der Waals surface area contributed by atoms with Crippen molar-refractivity contribution in [2.24, 2.45) is 5.92 Å². The van der Waals surface area contributed by atoms with E-state index in [2.05, 4.69) is 10.6 Å². The van der Waals surface area contributed by atoms with Crippen LogP contribution in [0.5, 0.6) is 5.75 Å². The van der Waals surface area contributed by atoms with Crippen LogP contribution in [0.2, 0.25) is 5.02 Å². The van der Waals surface area contributed by atoms with Gasteiger partial charge in [-0.25, -0.2) is 0 Å². The van der Waals surface area contributed by atoms with Gasteiger partial charge in [-0.3, -0.25) is 9.59 Å². The number of ether oxygens (including phenoxy) is 1. The lowest BCUT2D eigenvalue weighted by atomic mass is 10.0. The summed E-state index contributed by atoms with van der Waals surface area (Å²) in [5.41, 5.74) is 1.42. The van der Waals surface area contributed by atoms with Gasteiger partial charge in [-0.2, -0.15) is 0 Å². The van der Waals surface area contributed by atoms with E-state index in [1.807, 2.05) is 38.1 Å². The Morgan fingerprint density at radius 1 is 1.04 bits per heavy atom. The van der Waals surface area contributed by atoms with Crippen LogP contribution in [0.15, 0.2) is 48.5 Å². The first-order chi connectivity index (χ1) is 12.9. The molecule has 1 atom stereocenters. The number of carbonyl (C=O) groups is 2. The van der Waals surface area contributed by atoms with Crippen LogP contribution in [-0.2, 0) is 11.3 Å². The molecule has 0 bridgehead atoms. The molecule has 144 valence electrons. The van der Waals surface area contributed by atoms with Crippen LogP contribution in [0.4, 0.5) is 0 Å². The van der Waals surface area contributed by atoms with E-state index in [1.165, 1.54) is 0 Å². The third-order valence-electron chi connectivity index (χ3n) is 4.06. The number of amides is 2. The number of hydrogen-bond acceptors (Lipinski definition) is 3. The molecule has 0 radical (unpaired) electrons. The molecular weight excluding hydrogens is 364 g/mol. The Labute approximate surface area is 165 Å². The highest BCUT2D eigenvalue weighted by molar-refractivity contribution is 6.30. The fourth-order valence-corrected chi connectivity index (χ4v) is 2.73. The fraction of sp³-hybridized carbons (Fsp3) is 0.333. The Balaban J connectivity index is 1.99. The topological polar surface area (TPSA) is 67.4 Å². The third kappa shape index (κ3) is 6.61. The Morgan fingerprint density at radius 2 is 1.67 bits per heavy atom. The summed E-state index contributed by atoms with van der Waals surface area (Å²) in [7, 11) is 1.61. The standard InChI is InChI=1S/C21H25ClN2O3/c1-14(2)12-19(24-20(25)16-6-8-17(22)9-7-16)21(26)23-13-15-4-10-18(27-3)11-5-15/h4-11,14,19H,12-13H2,1-3H3,(H,23,26)(H,24,25). The second-order valence-electron chi connectivity index (χ2n) is 6.73. The van der Waals surface area contributed by atoms with E-state index in [0.717, 1.165) is 11.3 Å². The number of nitrogens with one attached hydrogen (secondary N) is 2. The summed E-state index contributed by atoms with van der Waals surface area (Å²) in [5, 5.41) is 6.27. The molecule has 6 heteroatoms. The third-order valence-corrected chi connectivity index (χ3v) is 4.31. The van der Waals surface area contributed by atoms with Gasteiger partial charge in [-0.05, 0) is 54.3 Å². The van der Waals surface area contributed by atoms with E-state index in [9.17, 15) is 9.59 Å². The van der Waals surface area contributed by atoms with E-state index in [-0.39, 0.29) is 17.7 Å². The molecule has 0 aliphatic carbocycles. The largest absolute Gasteiger partial charge is 0.497 e. The first-order valence-electron chi connectivity index (χ1n) is 8.86. The molecule has 5 nitrogen and oxygen atoms in total. The first-order valence-corrected chi connectivity index (χ1v) is 9.24. The van der Waals surface area contributed by atoms with Crippen LogP contribution in [0.25, 0.3) is 0 Å². The lowest BCUT2D eigenvalue weighted by molar-refractivity contribution is -0.123. The van der Waals surface area contributed by atoms with Crippen LogP contribution in [0, 0.1) is 5.92 Å².